The number of amides is 1. The number of alkyl halides is 2. The minimum Gasteiger partial charge on any atom is -0.467 e. The van der Waals surface area contributed by atoms with Gasteiger partial charge in [0.2, 0.25) is 0 Å². The van der Waals surface area contributed by atoms with Crippen molar-refractivity contribution in [2.75, 3.05) is 13.7 Å². The Bertz CT molecular complexity index is 988. The summed E-state index contributed by atoms with van der Waals surface area (Å²) in [5, 5.41) is 0. The van der Waals surface area contributed by atoms with Crippen molar-refractivity contribution in [3.05, 3.63) is 54.0 Å². The molecule has 1 aliphatic rings. The van der Waals surface area contributed by atoms with Crippen molar-refractivity contribution in [2.45, 2.75) is 50.7 Å². The van der Waals surface area contributed by atoms with Gasteiger partial charge in [0.05, 0.1) is 25.5 Å². The van der Waals surface area contributed by atoms with Gasteiger partial charge in [-0.2, -0.15) is 0 Å². The average molecular weight is 450 g/mol. The molecule has 0 bridgehead atoms. The fraction of sp³-hybridized carbons (Fsp3) is 0.435. The second-order valence-electron chi connectivity index (χ2n) is 8.86. The van der Waals surface area contributed by atoms with Crippen LogP contribution in [0, 0.1) is 5.82 Å². The zero-order valence-electron chi connectivity index (χ0n) is 18.3. The van der Waals surface area contributed by atoms with Gasteiger partial charge in [-0.3, -0.25) is 9.88 Å². The van der Waals surface area contributed by atoms with Gasteiger partial charge in [0, 0.05) is 18.4 Å². The maximum atomic E-state index is 14.5. The summed E-state index contributed by atoms with van der Waals surface area (Å²) in [5.41, 5.74) is -1.10. The topological polar surface area (TPSA) is 68.7 Å². The number of methoxy groups -OCH3 is 1. The van der Waals surface area contributed by atoms with Crippen molar-refractivity contribution in [3.8, 4) is 11.3 Å². The van der Waals surface area contributed by atoms with Gasteiger partial charge in [0.1, 0.15) is 11.4 Å². The Hall–Kier alpha value is -3.10. The molecule has 172 valence electrons. The van der Waals surface area contributed by atoms with E-state index in [0.29, 0.717) is 16.8 Å². The second-order valence-corrected chi connectivity index (χ2v) is 8.86. The molecule has 1 unspecified atom stereocenters. The van der Waals surface area contributed by atoms with E-state index < -0.39 is 47.9 Å². The van der Waals surface area contributed by atoms with Crippen LogP contribution in [0.5, 0.6) is 0 Å². The number of aromatic nitrogens is 1. The summed E-state index contributed by atoms with van der Waals surface area (Å²) >= 11 is 0. The molecule has 6 nitrogen and oxygen atoms in total. The lowest BCUT2D eigenvalue weighted by molar-refractivity contribution is -0.153. The Morgan fingerprint density at radius 2 is 1.78 bits per heavy atom. The maximum Gasteiger partial charge on any atom is 0.411 e. The molecule has 1 atom stereocenters. The van der Waals surface area contributed by atoms with Crippen molar-refractivity contribution in [1.29, 1.82) is 0 Å². The average Bonchev–Trinajstić information content (AvgIpc) is 2.99. The minimum atomic E-state index is -3.29. The fourth-order valence-corrected chi connectivity index (χ4v) is 3.80. The third-order valence-electron chi connectivity index (χ3n) is 5.11. The standard InChI is InChI=1S/C23H25F3N2O4/c1-21(2,3)32-20(30)28-14-23(25,26)13-22(28,19(29)31-4)11-15-5-7-16(8-6-15)18-10-9-17(24)12-27-18/h5-10,12H,11,13-14H2,1-4H3. The van der Waals surface area contributed by atoms with Gasteiger partial charge in [-0.05, 0) is 38.5 Å². The largest absolute Gasteiger partial charge is 0.467 e. The monoisotopic (exact) mass is 450 g/mol. The van der Waals surface area contributed by atoms with Crippen LogP contribution in [-0.2, 0) is 20.7 Å². The number of carbonyl (C=O) groups excluding carboxylic acids is 2. The van der Waals surface area contributed by atoms with E-state index in [0.717, 1.165) is 18.2 Å². The quantitative estimate of drug-likeness (QED) is 0.636. The highest BCUT2D eigenvalue weighted by Crippen LogP contribution is 2.43. The molecule has 1 saturated heterocycles. The second kappa shape index (κ2) is 8.44. The number of hydrogen-bond acceptors (Lipinski definition) is 5. The summed E-state index contributed by atoms with van der Waals surface area (Å²) in [5.74, 6) is -4.69. The molecule has 1 fully saturated rings. The predicted molar refractivity (Wildman–Crippen MR) is 111 cm³/mol. The number of carbonyl (C=O) groups is 2. The molecule has 0 saturated carbocycles. The first-order valence-corrected chi connectivity index (χ1v) is 10.0. The van der Waals surface area contributed by atoms with Crippen LogP contribution in [-0.4, -0.2) is 52.7 Å². The Balaban J connectivity index is 1.94. The van der Waals surface area contributed by atoms with Crippen LogP contribution in [0.15, 0.2) is 42.6 Å². The molecule has 9 heteroatoms. The van der Waals surface area contributed by atoms with Gasteiger partial charge in [0.25, 0.3) is 5.92 Å². The number of nitrogens with zero attached hydrogens (tertiary/aromatic N) is 2. The van der Waals surface area contributed by atoms with Gasteiger partial charge >= 0.3 is 12.1 Å². The van der Waals surface area contributed by atoms with Gasteiger partial charge in [0.15, 0.2) is 5.54 Å². The summed E-state index contributed by atoms with van der Waals surface area (Å²) in [7, 11) is 1.09. The zero-order valence-corrected chi connectivity index (χ0v) is 18.3. The van der Waals surface area contributed by atoms with Crippen LogP contribution in [0.1, 0.15) is 32.8 Å². The van der Waals surface area contributed by atoms with Gasteiger partial charge in [-0.1, -0.05) is 24.3 Å². The van der Waals surface area contributed by atoms with Crippen molar-refractivity contribution in [1.82, 2.24) is 9.88 Å². The first-order valence-electron chi connectivity index (χ1n) is 10.0. The molecule has 2 heterocycles. The SMILES string of the molecule is COC(=O)C1(Cc2ccc(-c3ccc(F)cn3)cc2)CC(F)(F)CN1C(=O)OC(C)(C)C. The molecule has 1 aromatic carbocycles. The normalized spacial score (nSPS) is 20.2. The molecule has 0 N–H and O–H groups in total. The smallest absolute Gasteiger partial charge is 0.411 e. The van der Waals surface area contributed by atoms with E-state index in [1.165, 1.54) is 12.1 Å². The van der Waals surface area contributed by atoms with Crippen molar-refractivity contribution in [2.24, 2.45) is 0 Å². The maximum absolute atomic E-state index is 14.5. The van der Waals surface area contributed by atoms with E-state index in [2.05, 4.69) is 4.98 Å². The number of ether oxygens (including phenoxy) is 2. The lowest BCUT2D eigenvalue weighted by Crippen LogP contribution is -2.56. The molecule has 0 radical (unpaired) electrons. The first kappa shape index (κ1) is 23.6. The molecular weight excluding hydrogens is 425 g/mol. The zero-order chi connectivity index (χ0) is 23.7. The molecule has 3 rings (SSSR count). The number of esters is 1. The summed E-state index contributed by atoms with van der Waals surface area (Å²) in [4.78, 5) is 30.3. The van der Waals surface area contributed by atoms with E-state index in [4.69, 9.17) is 9.47 Å². The van der Waals surface area contributed by atoms with E-state index in [9.17, 15) is 22.8 Å². The van der Waals surface area contributed by atoms with Crippen molar-refractivity contribution < 1.29 is 32.2 Å². The number of rotatable bonds is 4. The van der Waals surface area contributed by atoms with E-state index in [1.54, 1.807) is 45.0 Å². The minimum absolute atomic E-state index is 0.189. The number of pyridine rings is 1. The van der Waals surface area contributed by atoms with E-state index in [1.807, 2.05) is 0 Å². The highest BCUT2D eigenvalue weighted by Gasteiger charge is 2.62. The van der Waals surface area contributed by atoms with Crippen LogP contribution < -0.4 is 0 Å². The van der Waals surface area contributed by atoms with E-state index >= 15 is 0 Å². The summed E-state index contributed by atoms with van der Waals surface area (Å²) in [6.07, 6.45) is -0.986. The molecule has 0 aliphatic carbocycles. The Kier molecular flexibility index (Phi) is 6.22. The third kappa shape index (κ3) is 5.03. The van der Waals surface area contributed by atoms with Crippen LogP contribution in [0.4, 0.5) is 18.0 Å². The highest BCUT2D eigenvalue weighted by atomic mass is 19.3. The lowest BCUT2D eigenvalue weighted by Gasteiger charge is -2.36. The number of benzene rings is 1. The van der Waals surface area contributed by atoms with Crippen molar-refractivity contribution >= 4 is 12.1 Å². The number of halogens is 3. The number of hydrogen-bond donors (Lipinski definition) is 0. The van der Waals surface area contributed by atoms with Crippen LogP contribution in [0.3, 0.4) is 0 Å². The molecule has 2 aromatic rings. The molecular formula is C23H25F3N2O4. The van der Waals surface area contributed by atoms with Gasteiger partial charge in [-0.15, -0.1) is 0 Å². The van der Waals surface area contributed by atoms with E-state index in [-0.39, 0.29) is 6.42 Å². The lowest BCUT2D eigenvalue weighted by atomic mass is 9.87. The Morgan fingerprint density at radius 3 is 2.31 bits per heavy atom. The van der Waals surface area contributed by atoms with Gasteiger partial charge < -0.3 is 9.47 Å². The van der Waals surface area contributed by atoms with Crippen molar-refractivity contribution in [3.63, 3.8) is 0 Å². The third-order valence-corrected chi connectivity index (χ3v) is 5.11. The fourth-order valence-electron chi connectivity index (χ4n) is 3.80. The van der Waals surface area contributed by atoms with Crippen LogP contribution in [0.2, 0.25) is 0 Å². The molecule has 0 spiro atoms. The molecule has 1 amide bonds. The molecule has 1 aliphatic heterocycles. The number of likely N-dealkylation sites (tertiary alicyclic amines) is 1. The highest BCUT2D eigenvalue weighted by molar-refractivity contribution is 5.87. The van der Waals surface area contributed by atoms with Crippen LogP contribution in [0.25, 0.3) is 11.3 Å². The van der Waals surface area contributed by atoms with Gasteiger partial charge in [-0.25, -0.2) is 22.8 Å². The van der Waals surface area contributed by atoms with Crippen LogP contribution >= 0.6 is 0 Å². The summed E-state index contributed by atoms with van der Waals surface area (Å²) < 4.78 is 52.3. The summed E-state index contributed by atoms with van der Waals surface area (Å²) in [6, 6.07) is 9.46. The predicted octanol–water partition coefficient (Wildman–Crippen LogP) is 4.62. The summed E-state index contributed by atoms with van der Waals surface area (Å²) in [6.45, 7) is 3.89. The Labute approximate surface area is 184 Å². The Morgan fingerprint density at radius 1 is 1.12 bits per heavy atom. The first-order chi connectivity index (χ1) is 14.8. The molecule has 32 heavy (non-hydrogen) atoms. The molecule has 1 aromatic heterocycles.